The molecule has 1 saturated carbocycles. The van der Waals surface area contributed by atoms with Crippen LogP contribution in [0.5, 0.6) is 0 Å². The largest absolute Gasteiger partial charge is 0.345 e. The first-order valence-electron chi connectivity index (χ1n) is 6.96. The molecule has 19 heavy (non-hydrogen) atoms. The predicted molar refractivity (Wildman–Crippen MR) is 78.0 cm³/mol. The highest BCUT2D eigenvalue weighted by molar-refractivity contribution is 5.78. The smallest absolute Gasteiger partial charge is 0.226 e. The van der Waals surface area contributed by atoms with Gasteiger partial charge in [-0.2, -0.15) is 0 Å². The number of nitrogens with zero attached hydrogens (tertiary/aromatic N) is 1. The molecule has 0 heterocycles. The third-order valence-corrected chi connectivity index (χ3v) is 4.32. The molecule has 1 aliphatic carbocycles. The van der Waals surface area contributed by atoms with Crippen LogP contribution in [0.4, 0.5) is 0 Å². The topological polar surface area (TPSA) is 46.3 Å². The average Bonchev–Trinajstić information content (AvgIpc) is 3.14. The van der Waals surface area contributed by atoms with Gasteiger partial charge in [0, 0.05) is 19.0 Å². The lowest BCUT2D eigenvalue weighted by atomic mass is 10.0. The van der Waals surface area contributed by atoms with Gasteiger partial charge in [0.05, 0.1) is 6.42 Å². The highest BCUT2D eigenvalue weighted by Crippen LogP contribution is 2.44. The molecule has 2 N–H and O–H groups in total. The summed E-state index contributed by atoms with van der Waals surface area (Å²) >= 11 is 0. The Hall–Kier alpha value is -1.35. The normalized spacial score (nSPS) is 16.2. The van der Waals surface area contributed by atoms with Gasteiger partial charge in [-0.1, -0.05) is 18.2 Å². The molecule has 0 spiro atoms. The third kappa shape index (κ3) is 3.35. The van der Waals surface area contributed by atoms with E-state index in [9.17, 15) is 4.79 Å². The molecule has 0 radical (unpaired) electrons. The van der Waals surface area contributed by atoms with Gasteiger partial charge >= 0.3 is 0 Å². The fourth-order valence-corrected chi connectivity index (χ4v) is 2.42. The molecule has 0 atom stereocenters. The maximum atomic E-state index is 12.2. The predicted octanol–water partition coefficient (Wildman–Crippen LogP) is 2.04. The Morgan fingerprint density at radius 3 is 2.53 bits per heavy atom. The van der Waals surface area contributed by atoms with Crippen LogP contribution in [-0.4, -0.2) is 30.9 Å². The average molecular weight is 260 g/mol. The van der Waals surface area contributed by atoms with E-state index in [1.54, 1.807) is 0 Å². The molecule has 3 nitrogen and oxygen atoms in total. The van der Waals surface area contributed by atoms with Crippen molar-refractivity contribution in [3.63, 3.8) is 0 Å². The van der Waals surface area contributed by atoms with Crippen LogP contribution in [0.1, 0.15) is 29.5 Å². The second-order valence-corrected chi connectivity index (χ2v) is 6.05. The Morgan fingerprint density at radius 2 is 2.00 bits per heavy atom. The summed E-state index contributed by atoms with van der Waals surface area (Å²) in [6, 6.07) is 6.24. The Labute approximate surface area is 115 Å². The highest BCUT2D eigenvalue weighted by Gasteiger charge is 2.42. The zero-order chi connectivity index (χ0) is 14.0. The van der Waals surface area contributed by atoms with Gasteiger partial charge in [0.1, 0.15) is 0 Å². The number of carbonyl (C=O) groups excluding carboxylic acids is 1. The van der Waals surface area contributed by atoms with Crippen molar-refractivity contribution in [2.45, 2.75) is 33.1 Å². The van der Waals surface area contributed by atoms with E-state index in [0.29, 0.717) is 13.0 Å². The molecular weight excluding hydrogens is 236 g/mol. The van der Waals surface area contributed by atoms with Crippen LogP contribution < -0.4 is 5.73 Å². The first kappa shape index (κ1) is 14.1. The maximum absolute atomic E-state index is 12.2. The number of amides is 1. The zero-order valence-electron chi connectivity index (χ0n) is 12.2. The van der Waals surface area contributed by atoms with E-state index in [4.69, 9.17) is 5.73 Å². The van der Waals surface area contributed by atoms with Crippen LogP contribution in [0, 0.1) is 19.3 Å². The lowest BCUT2D eigenvalue weighted by molar-refractivity contribution is -0.129. The summed E-state index contributed by atoms with van der Waals surface area (Å²) in [5.41, 5.74) is 9.59. The number of carbonyl (C=O) groups is 1. The molecule has 0 saturated heterocycles. The van der Waals surface area contributed by atoms with Crippen molar-refractivity contribution in [3.05, 3.63) is 34.9 Å². The summed E-state index contributed by atoms with van der Waals surface area (Å²) < 4.78 is 0. The number of benzene rings is 1. The summed E-state index contributed by atoms with van der Waals surface area (Å²) in [7, 11) is 1.89. The molecular formula is C16H24N2O. The maximum Gasteiger partial charge on any atom is 0.226 e. The van der Waals surface area contributed by atoms with Crippen LogP contribution >= 0.6 is 0 Å². The van der Waals surface area contributed by atoms with E-state index in [1.165, 1.54) is 11.1 Å². The van der Waals surface area contributed by atoms with Crippen molar-refractivity contribution in [1.29, 1.82) is 0 Å². The molecule has 0 bridgehead atoms. The minimum absolute atomic E-state index is 0.183. The van der Waals surface area contributed by atoms with E-state index in [1.807, 2.05) is 18.0 Å². The number of hydrogen-bond donors (Lipinski definition) is 1. The summed E-state index contributed by atoms with van der Waals surface area (Å²) in [4.78, 5) is 14.1. The number of likely N-dealkylation sites (N-methyl/N-ethyl adjacent to an activating group) is 1. The highest BCUT2D eigenvalue weighted by atomic mass is 16.2. The molecule has 3 heteroatoms. The molecule has 1 amide bonds. The summed E-state index contributed by atoms with van der Waals surface area (Å²) in [5, 5.41) is 0. The van der Waals surface area contributed by atoms with Gasteiger partial charge in [-0.25, -0.2) is 0 Å². The van der Waals surface area contributed by atoms with Gasteiger partial charge in [0.2, 0.25) is 5.91 Å². The molecule has 1 aromatic carbocycles. The summed E-state index contributed by atoms with van der Waals surface area (Å²) in [5.74, 6) is 0.183. The lowest BCUT2D eigenvalue weighted by Gasteiger charge is -2.23. The molecule has 0 aliphatic heterocycles. The molecule has 1 aromatic rings. The van der Waals surface area contributed by atoms with Crippen molar-refractivity contribution in [1.82, 2.24) is 4.90 Å². The zero-order valence-corrected chi connectivity index (χ0v) is 12.2. The monoisotopic (exact) mass is 260 g/mol. The molecule has 2 rings (SSSR count). The Kier molecular flexibility index (Phi) is 3.95. The van der Waals surface area contributed by atoms with E-state index < -0.39 is 0 Å². The fourth-order valence-electron chi connectivity index (χ4n) is 2.42. The second kappa shape index (κ2) is 5.33. The van der Waals surface area contributed by atoms with Gasteiger partial charge in [-0.15, -0.1) is 0 Å². The number of aryl methyl sites for hydroxylation is 2. The molecule has 0 aromatic heterocycles. The van der Waals surface area contributed by atoms with Crippen molar-refractivity contribution in [2.24, 2.45) is 11.1 Å². The van der Waals surface area contributed by atoms with Gasteiger partial charge in [0.25, 0.3) is 0 Å². The van der Waals surface area contributed by atoms with Gasteiger partial charge in [-0.05, 0) is 49.9 Å². The fraction of sp³-hybridized carbons (Fsp3) is 0.562. The van der Waals surface area contributed by atoms with Crippen LogP contribution in [-0.2, 0) is 11.2 Å². The first-order chi connectivity index (χ1) is 8.96. The van der Waals surface area contributed by atoms with E-state index in [2.05, 4.69) is 26.0 Å². The minimum Gasteiger partial charge on any atom is -0.345 e. The van der Waals surface area contributed by atoms with E-state index in [0.717, 1.165) is 24.9 Å². The minimum atomic E-state index is 0.183. The Balaban J connectivity index is 1.94. The molecule has 0 unspecified atom stereocenters. The van der Waals surface area contributed by atoms with Gasteiger partial charge in [-0.3, -0.25) is 4.79 Å². The van der Waals surface area contributed by atoms with Crippen molar-refractivity contribution in [3.8, 4) is 0 Å². The second-order valence-electron chi connectivity index (χ2n) is 6.05. The van der Waals surface area contributed by atoms with Crippen LogP contribution in [0.2, 0.25) is 0 Å². The number of nitrogens with two attached hydrogens (primary N) is 1. The molecule has 104 valence electrons. The Morgan fingerprint density at radius 1 is 1.32 bits per heavy atom. The molecule has 1 fully saturated rings. The Bertz CT molecular complexity index is 478. The molecule has 1 aliphatic rings. The van der Waals surface area contributed by atoms with Gasteiger partial charge in [0.15, 0.2) is 0 Å². The first-order valence-corrected chi connectivity index (χ1v) is 6.96. The number of rotatable bonds is 5. The SMILES string of the molecule is Cc1ccc(CC(=O)N(C)CC2(CN)CC2)cc1C. The summed E-state index contributed by atoms with van der Waals surface area (Å²) in [6.07, 6.45) is 2.80. The van der Waals surface area contributed by atoms with E-state index >= 15 is 0 Å². The van der Waals surface area contributed by atoms with Crippen LogP contribution in [0.25, 0.3) is 0 Å². The number of hydrogen-bond acceptors (Lipinski definition) is 2. The van der Waals surface area contributed by atoms with Crippen LogP contribution in [0.15, 0.2) is 18.2 Å². The third-order valence-electron chi connectivity index (χ3n) is 4.32. The standard InChI is InChI=1S/C16H24N2O/c1-12-4-5-14(8-13(12)2)9-15(19)18(3)11-16(10-17)6-7-16/h4-5,8H,6-7,9-11,17H2,1-3H3. The van der Waals surface area contributed by atoms with Crippen molar-refractivity contribution >= 4 is 5.91 Å². The van der Waals surface area contributed by atoms with Crippen LogP contribution in [0.3, 0.4) is 0 Å². The lowest BCUT2D eigenvalue weighted by Crippen LogP contribution is -2.36. The van der Waals surface area contributed by atoms with E-state index in [-0.39, 0.29) is 11.3 Å². The quantitative estimate of drug-likeness (QED) is 0.880. The summed E-state index contributed by atoms with van der Waals surface area (Å²) in [6.45, 7) is 5.66. The van der Waals surface area contributed by atoms with Gasteiger partial charge < -0.3 is 10.6 Å². The van der Waals surface area contributed by atoms with Crippen molar-refractivity contribution in [2.75, 3.05) is 20.1 Å². The van der Waals surface area contributed by atoms with Crippen molar-refractivity contribution < 1.29 is 4.79 Å².